The number of para-hydroxylation sites is 2. The van der Waals surface area contributed by atoms with Gasteiger partial charge in [0.1, 0.15) is 11.6 Å². The lowest BCUT2D eigenvalue weighted by Gasteiger charge is -2.13. The Hall–Kier alpha value is -3.06. The van der Waals surface area contributed by atoms with Gasteiger partial charge in [-0.25, -0.2) is 13.4 Å². The molecule has 0 spiro atoms. The highest BCUT2D eigenvalue weighted by Gasteiger charge is 2.16. The molecule has 0 saturated carbocycles. The second kappa shape index (κ2) is 8.09. The summed E-state index contributed by atoms with van der Waals surface area (Å²) in [6, 6.07) is 17.8. The van der Waals surface area contributed by atoms with Gasteiger partial charge in [-0.15, -0.1) is 0 Å². The van der Waals surface area contributed by atoms with Gasteiger partial charge in [0.05, 0.1) is 29.1 Å². The molecule has 0 saturated heterocycles. The first-order chi connectivity index (χ1) is 13.0. The summed E-state index contributed by atoms with van der Waals surface area (Å²) in [5.74, 6) is 0.992. The van der Waals surface area contributed by atoms with Gasteiger partial charge in [0.15, 0.2) is 0 Å². The zero-order valence-electron chi connectivity index (χ0n) is 15.1. The Balaban J connectivity index is 1.76. The monoisotopic (exact) mass is 383 g/mol. The first-order valence-corrected chi connectivity index (χ1v) is 10.0. The molecule has 0 aliphatic rings. The number of hydrogen-bond acceptors (Lipinski definition) is 5. The first-order valence-electron chi connectivity index (χ1n) is 8.53. The van der Waals surface area contributed by atoms with Crippen molar-refractivity contribution in [2.45, 2.75) is 18.7 Å². The maximum Gasteiger partial charge on any atom is 0.263 e. The van der Waals surface area contributed by atoms with E-state index < -0.39 is 10.0 Å². The average Bonchev–Trinajstić information content (AvgIpc) is 2.65. The van der Waals surface area contributed by atoms with Crippen LogP contribution in [0.25, 0.3) is 0 Å². The van der Waals surface area contributed by atoms with Crippen LogP contribution in [-0.2, 0) is 10.0 Å². The fraction of sp³-hybridized carbons (Fsp3) is 0.150. The van der Waals surface area contributed by atoms with Gasteiger partial charge in [0, 0.05) is 0 Å². The maximum atomic E-state index is 12.5. The normalized spacial score (nSPS) is 11.0. The van der Waals surface area contributed by atoms with Gasteiger partial charge >= 0.3 is 0 Å². The molecule has 3 rings (SSSR count). The van der Waals surface area contributed by atoms with E-state index in [1.807, 2.05) is 31.2 Å². The molecule has 0 atom stereocenters. The summed E-state index contributed by atoms with van der Waals surface area (Å²) in [4.78, 5) is 4.43. The lowest BCUT2D eigenvalue weighted by Crippen LogP contribution is -2.15. The Labute approximate surface area is 159 Å². The topological polar surface area (TPSA) is 80.3 Å². The molecule has 0 aliphatic heterocycles. The van der Waals surface area contributed by atoms with Gasteiger partial charge in [-0.2, -0.15) is 0 Å². The van der Waals surface area contributed by atoms with Crippen LogP contribution in [-0.4, -0.2) is 20.0 Å². The number of aromatic nitrogens is 1. The van der Waals surface area contributed by atoms with Gasteiger partial charge in [-0.1, -0.05) is 30.3 Å². The van der Waals surface area contributed by atoms with Crippen molar-refractivity contribution in [2.75, 3.05) is 16.6 Å². The largest absolute Gasteiger partial charge is 0.492 e. The molecule has 140 valence electrons. The fourth-order valence-electron chi connectivity index (χ4n) is 2.59. The van der Waals surface area contributed by atoms with Gasteiger partial charge < -0.3 is 10.1 Å². The quantitative estimate of drug-likeness (QED) is 0.635. The van der Waals surface area contributed by atoms with E-state index in [-0.39, 0.29) is 10.7 Å². The van der Waals surface area contributed by atoms with E-state index in [9.17, 15) is 8.42 Å². The molecule has 0 aliphatic carbocycles. The summed E-state index contributed by atoms with van der Waals surface area (Å²) in [6.45, 7) is 4.25. The number of aryl methyl sites for hydroxylation is 1. The Morgan fingerprint density at radius 1 is 1.00 bits per heavy atom. The van der Waals surface area contributed by atoms with Crippen molar-refractivity contribution in [3.63, 3.8) is 0 Å². The van der Waals surface area contributed by atoms with Crippen molar-refractivity contribution in [2.24, 2.45) is 0 Å². The minimum atomic E-state index is -3.68. The molecule has 0 amide bonds. The van der Waals surface area contributed by atoms with E-state index >= 15 is 0 Å². The first kappa shape index (κ1) is 18.7. The molecule has 0 radical (unpaired) electrons. The number of hydrogen-bond donors (Lipinski definition) is 2. The zero-order chi connectivity index (χ0) is 19.3. The van der Waals surface area contributed by atoms with Gasteiger partial charge in [-0.05, 0) is 49.7 Å². The van der Waals surface area contributed by atoms with Gasteiger partial charge in [0.25, 0.3) is 10.0 Å². The SMILES string of the molecule is CCOc1ccccc1Nc1ccc(NS(=O)(=O)c2ccccc2C)nc1. The van der Waals surface area contributed by atoms with Gasteiger partial charge in [-0.3, -0.25) is 4.72 Å². The average molecular weight is 383 g/mol. The van der Waals surface area contributed by atoms with Crippen LogP contribution in [0.15, 0.2) is 71.8 Å². The summed E-state index contributed by atoms with van der Waals surface area (Å²) in [5.41, 5.74) is 2.21. The molecule has 3 aromatic rings. The second-order valence-electron chi connectivity index (χ2n) is 5.86. The van der Waals surface area contributed by atoms with Crippen molar-refractivity contribution in [3.05, 3.63) is 72.4 Å². The highest BCUT2D eigenvalue weighted by molar-refractivity contribution is 7.92. The van der Waals surface area contributed by atoms with Crippen LogP contribution in [0.4, 0.5) is 17.2 Å². The summed E-state index contributed by atoms with van der Waals surface area (Å²) >= 11 is 0. The third-order valence-electron chi connectivity index (χ3n) is 3.85. The van der Waals surface area contributed by atoms with Crippen molar-refractivity contribution < 1.29 is 13.2 Å². The minimum absolute atomic E-state index is 0.236. The van der Waals surface area contributed by atoms with Crippen molar-refractivity contribution in [3.8, 4) is 5.75 Å². The number of nitrogens with one attached hydrogen (secondary N) is 2. The Bertz CT molecular complexity index is 1020. The second-order valence-corrected chi connectivity index (χ2v) is 7.51. The summed E-state index contributed by atoms with van der Waals surface area (Å²) in [6.07, 6.45) is 1.57. The molecular formula is C20H21N3O3S. The number of sulfonamides is 1. The van der Waals surface area contributed by atoms with Crippen LogP contribution in [0.3, 0.4) is 0 Å². The fourth-order valence-corrected chi connectivity index (χ4v) is 3.84. The molecule has 2 N–H and O–H groups in total. The Kier molecular flexibility index (Phi) is 5.61. The van der Waals surface area contributed by atoms with Crippen molar-refractivity contribution in [1.29, 1.82) is 0 Å². The van der Waals surface area contributed by atoms with E-state index in [4.69, 9.17) is 4.74 Å². The number of ether oxygens (including phenoxy) is 1. The highest BCUT2D eigenvalue weighted by Crippen LogP contribution is 2.27. The smallest absolute Gasteiger partial charge is 0.263 e. The zero-order valence-corrected chi connectivity index (χ0v) is 16.0. The molecule has 1 aromatic heterocycles. The Morgan fingerprint density at radius 2 is 1.74 bits per heavy atom. The van der Waals surface area contributed by atoms with Crippen LogP contribution in [0.1, 0.15) is 12.5 Å². The third kappa shape index (κ3) is 4.57. The molecule has 2 aromatic carbocycles. The predicted molar refractivity (Wildman–Crippen MR) is 107 cm³/mol. The molecule has 0 bridgehead atoms. The molecule has 27 heavy (non-hydrogen) atoms. The lowest BCUT2D eigenvalue weighted by atomic mass is 10.2. The highest BCUT2D eigenvalue weighted by atomic mass is 32.2. The van der Waals surface area contributed by atoms with Gasteiger partial charge in [0.2, 0.25) is 0 Å². The molecular weight excluding hydrogens is 362 g/mol. The van der Waals surface area contributed by atoms with E-state index in [0.29, 0.717) is 12.2 Å². The van der Waals surface area contributed by atoms with E-state index in [1.165, 1.54) is 0 Å². The van der Waals surface area contributed by atoms with Crippen LogP contribution >= 0.6 is 0 Å². The number of rotatable bonds is 7. The van der Waals surface area contributed by atoms with Crippen LogP contribution < -0.4 is 14.8 Å². The maximum absolute atomic E-state index is 12.5. The van der Waals surface area contributed by atoms with E-state index in [1.54, 1.807) is 49.5 Å². The van der Waals surface area contributed by atoms with Crippen LogP contribution in [0.5, 0.6) is 5.75 Å². The molecule has 1 heterocycles. The summed E-state index contributed by atoms with van der Waals surface area (Å²) in [7, 11) is -3.68. The summed E-state index contributed by atoms with van der Waals surface area (Å²) < 4.78 is 33.2. The standard InChI is InChI=1S/C20H21N3O3S/c1-3-26-18-10-6-5-9-17(18)22-16-12-13-20(21-14-16)23-27(24,25)19-11-7-4-8-15(19)2/h4-14,22H,3H2,1-2H3,(H,21,23). The molecule has 7 heteroatoms. The van der Waals surface area contributed by atoms with E-state index in [2.05, 4.69) is 15.0 Å². The predicted octanol–water partition coefficient (Wildman–Crippen LogP) is 4.33. The Morgan fingerprint density at radius 3 is 2.44 bits per heavy atom. The summed E-state index contributed by atoms with van der Waals surface area (Å²) in [5, 5.41) is 3.22. The van der Waals surface area contributed by atoms with Crippen LogP contribution in [0.2, 0.25) is 0 Å². The molecule has 6 nitrogen and oxygen atoms in total. The lowest BCUT2D eigenvalue weighted by molar-refractivity contribution is 0.342. The molecule has 0 unspecified atom stereocenters. The number of anilines is 3. The number of nitrogens with zero attached hydrogens (tertiary/aromatic N) is 1. The number of benzene rings is 2. The minimum Gasteiger partial charge on any atom is -0.492 e. The number of pyridine rings is 1. The van der Waals surface area contributed by atoms with E-state index in [0.717, 1.165) is 17.1 Å². The van der Waals surface area contributed by atoms with Crippen molar-refractivity contribution in [1.82, 2.24) is 4.98 Å². The molecule has 0 fully saturated rings. The third-order valence-corrected chi connectivity index (χ3v) is 5.37. The van der Waals surface area contributed by atoms with Crippen molar-refractivity contribution >= 4 is 27.2 Å². The van der Waals surface area contributed by atoms with Crippen LogP contribution in [0, 0.1) is 6.92 Å².